The largest absolute Gasteiger partial charge is 0.417 e. The van der Waals surface area contributed by atoms with Crippen LogP contribution in [0.15, 0.2) is 18.3 Å². The van der Waals surface area contributed by atoms with Crippen molar-refractivity contribution in [1.82, 2.24) is 4.98 Å². The van der Waals surface area contributed by atoms with Gasteiger partial charge in [-0.05, 0) is 25.5 Å². The van der Waals surface area contributed by atoms with Gasteiger partial charge < -0.3 is 10.1 Å². The zero-order valence-corrected chi connectivity index (χ0v) is 10.00. The lowest BCUT2D eigenvalue weighted by Gasteiger charge is -2.15. The Morgan fingerprint density at radius 3 is 2.72 bits per heavy atom. The Labute approximate surface area is 103 Å². The van der Waals surface area contributed by atoms with E-state index in [1.165, 1.54) is 6.07 Å². The Hall–Kier alpha value is -1.30. The molecule has 0 aliphatic carbocycles. The van der Waals surface area contributed by atoms with E-state index in [1.54, 1.807) is 0 Å². The number of rotatable bonds is 3. The molecule has 1 aromatic heterocycles. The van der Waals surface area contributed by atoms with Crippen LogP contribution in [-0.4, -0.2) is 24.2 Å². The molecule has 0 amide bonds. The summed E-state index contributed by atoms with van der Waals surface area (Å²) in [7, 11) is 0. The topological polar surface area (TPSA) is 34.1 Å². The molecule has 0 radical (unpaired) electrons. The van der Waals surface area contributed by atoms with Crippen LogP contribution in [0.1, 0.15) is 18.9 Å². The molecular formula is C12H15F3N2O. The van der Waals surface area contributed by atoms with Crippen molar-refractivity contribution < 1.29 is 17.9 Å². The van der Waals surface area contributed by atoms with Crippen LogP contribution in [0.2, 0.25) is 0 Å². The highest BCUT2D eigenvalue weighted by atomic mass is 19.4. The second-order valence-corrected chi connectivity index (χ2v) is 4.44. The number of pyridine rings is 1. The van der Waals surface area contributed by atoms with Gasteiger partial charge in [0.15, 0.2) is 0 Å². The first kappa shape index (κ1) is 13.1. The van der Waals surface area contributed by atoms with Crippen LogP contribution in [0.4, 0.5) is 19.0 Å². The fourth-order valence-corrected chi connectivity index (χ4v) is 1.95. The van der Waals surface area contributed by atoms with Crippen molar-refractivity contribution in [1.29, 1.82) is 0 Å². The zero-order valence-electron chi connectivity index (χ0n) is 10.00. The molecule has 0 spiro atoms. The molecule has 100 valence electrons. The van der Waals surface area contributed by atoms with Crippen molar-refractivity contribution in [2.24, 2.45) is 5.92 Å². The number of hydrogen-bond acceptors (Lipinski definition) is 3. The van der Waals surface area contributed by atoms with Gasteiger partial charge in [-0.3, -0.25) is 0 Å². The summed E-state index contributed by atoms with van der Waals surface area (Å²) in [6.07, 6.45) is -2.34. The smallest absolute Gasteiger partial charge is 0.378 e. The molecule has 0 aromatic carbocycles. The monoisotopic (exact) mass is 260 g/mol. The van der Waals surface area contributed by atoms with Gasteiger partial charge >= 0.3 is 6.18 Å². The Bertz CT molecular complexity index is 391. The van der Waals surface area contributed by atoms with Crippen LogP contribution in [0.5, 0.6) is 0 Å². The van der Waals surface area contributed by atoms with Crippen molar-refractivity contribution in [3.05, 3.63) is 23.9 Å². The van der Waals surface area contributed by atoms with E-state index < -0.39 is 11.7 Å². The number of alkyl halides is 3. The number of anilines is 1. The molecule has 1 aliphatic heterocycles. The molecule has 1 aromatic rings. The summed E-state index contributed by atoms with van der Waals surface area (Å²) in [6, 6.07) is 2.38. The maximum atomic E-state index is 12.3. The standard InChI is InChI=1S/C12H15F3N2O/c1-8-9(4-5-18-8)6-16-11-3-2-10(7-17-11)12(13,14)15/h2-3,7-9H,4-6H2,1H3,(H,16,17). The summed E-state index contributed by atoms with van der Waals surface area (Å²) in [4.78, 5) is 3.76. The molecule has 1 aliphatic rings. The van der Waals surface area contributed by atoms with Gasteiger partial charge in [0.25, 0.3) is 0 Å². The van der Waals surface area contributed by atoms with Gasteiger partial charge in [0.2, 0.25) is 0 Å². The molecule has 1 saturated heterocycles. The maximum Gasteiger partial charge on any atom is 0.417 e. The minimum atomic E-state index is -4.33. The lowest BCUT2D eigenvalue weighted by Crippen LogP contribution is -2.21. The average Bonchev–Trinajstić information content (AvgIpc) is 2.72. The Kier molecular flexibility index (Phi) is 3.75. The summed E-state index contributed by atoms with van der Waals surface area (Å²) in [5.41, 5.74) is -0.731. The van der Waals surface area contributed by atoms with Crippen molar-refractivity contribution in [2.75, 3.05) is 18.5 Å². The number of nitrogens with one attached hydrogen (secondary N) is 1. The lowest BCUT2D eigenvalue weighted by molar-refractivity contribution is -0.137. The van der Waals surface area contributed by atoms with Crippen LogP contribution in [-0.2, 0) is 10.9 Å². The third-order valence-electron chi connectivity index (χ3n) is 3.17. The second kappa shape index (κ2) is 5.14. The van der Waals surface area contributed by atoms with Gasteiger partial charge in [-0.2, -0.15) is 13.2 Å². The summed E-state index contributed by atoms with van der Waals surface area (Å²) < 4.78 is 42.4. The Morgan fingerprint density at radius 1 is 1.44 bits per heavy atom. The molecule has 1 N–H and O–H groups in total. The summed E-state index contributed by atoms with van der Waals surface area (Å²) in [6.45, 7) is 3.41. The normalized spacial score (nSPS) is 24.2. The molecule has 3 nitrogen and oxygen atoms in total. The van der Waals surface area contributed by atoms with Gasteiger partial charge in [0.1, 0.15) is 5.82 Å². The van der Waals surface area contributed by atoms with Gasteiger partial charge in [0, 0.05) is 25.3 Å². The molecule has 0 saturated carbocycles. The first-order chi connectivity index (χ1) is 8.47. The first-order valence-corrected chi connectivity index (χ1v) is 5.85. The minimum absolute atomic E-state index is 0.187. The molecule has 2 atom stereocenters. The van der Waals surface area contributed by atoms with Gasteiger partial charge in [-0.25, -0.2) is 4.98 Å². The third kappa shape index (κ3) is 3.13. The predicted octanol–water partition coefficient (Wildman–Crippen LogP) is 2.94. The third-order valence-corrected chi connectivity index (χ3v) is 3.17. The fraction of sp³-hybridized carbons (Fsp3) is 0.583. The van der Waals surface area contributed by atoms with Gasteiger partial charge in [-0.15, -0.1) is 0 Å². The maximum absolute atomic E-state index is 12.3. The van der Waals surface area contributed by atoms with Crippen molar-refractivity contribution in [3.63, 3.8) is 0 Å². The Morgan fingerprint density at radius 2 is 2.22 bits per heavy atom. The SMILES string of the molecule is CC1OCCC1CNc1ccc(C(F)(F)F)cn1. The van der Waals surface area contributed by atoms with Crippen molar-refractivity contribution >= 4 is 5.82 Å². The van der Waals surface area contributed by atoms with Crippen LogP contribution < -0.4 is 5.32 Å². The van der Waals surface area contributed by atoms with E-state index in [0.29, 0.717) is 18.3 Å². The molecule has 2 rings (SSSR count). The zero-order chi connectivity index (χ0) is 13.2. The summed E-state index contributed by atoms with van der Waals surface area (Å²) in [5.74, 6) is 0.844. The molecule has 1 fully saturated rings. The molecular weight excluding hydrogens is 245 g/mol. The van der Waals surface area contributed by atoms with E-state index in [4.69, 9.17) is 4.74 Å². The van der Waals surface area contributed by atoms with Gasteiger partial charge in [-0.1, -0.05) is 0 Å². The Balaban J connectivity index is 1.90. The predicted molar refractivity (Wildman–Crippen MR) is 61.2 cm³/mol. The highest BCUT2D eigenvalue weighted by Gasteiger charge is 2.30. The number of aromatic nitrogens is 1. The van der Waals surface area contributed by atoms with Crippen LogP contribution >= 0.6 is 0 Å². The first-order valence-electron chi connectivity index (χ1n) is 5.85. The number of hydrogen-bond donors (Lipinski definition) is 1. The van der Waals surface area contributed by atoms with E-state index in [9.17, 15) is 13.2 Å². The molecule has 0 bridgehead atoms. The molecule has 2 heterocycles. The molecule has 18 heavy (non-hydrogen) atoms. The quantitative estimate of drug-likeness (QED) is 0.907. The van der Waals surface area contributed by atoms with E-state index in [0.717, 1.165) is 25.3 Å². The summed E-state index contributed by atoms with van der Waals surface area (Å²) in [5, 5.41) is 3.04. The highest BCUT2D eigenvalue weighted by Crippen LogP contribution is 2.29. The second-order valence-electron chi connectivity index (χ2n) is 4.44. The number of halogens is 3. The molecule has 2 unspecified atom stereocenters. The average molecular weight is 260 g/mol. The van der Waals surface area contributed by atoms with Crippen LogP contribution in [0, 0.1) is 5.92 Å². The van der Waals surface area contributed by atoms with E-state index in [-0.39, 0.29) is 6.10 Å². The highest BCUT2D eigenvalue weighted by molar-refractivity contribution is 5.36. The van der Waals surface area contributed by atoms with Crippen molar-refractivity contribution in [3.8, 4) is 0 Å². The van der Waals surface area contributed by atoms with E-state index >= 15 is 0 Å². The van der Waals surface area contributed by atoms with Crippen molar-refractivity contribution in [2.45, 2.75) is 25.6 Å². The number of nitrogens with zero attached hydrogens (tertiary/aromatic N) is 1. The number of ether oxygens (including phenoxy) is 1. The lowest BCUT2D eigenvalue weighted by atomic mass is 10.0. The summed E-state index contributed by atoms with van der Waals surface area (Å²) >= 11 is 0. The van der Waals surface area contributed by atoms with Crippen LogP contribution in [0.25, 0.3) is 0 Å². The van der Waals surface area contributed by atoms with E-state index in [1.807, 2.05) is 6.92 Å². The fourth-order valence-electron chi connectivity index (χ4n) is 1.95. The minimum Gasteiger partial charge on any atom is -0.378 e. The molecule has 6 heteroatoms. The van der Waals surface area contributed by atoms with E-state index in [2.05, 4.69) is 10.3 Å². The van der Waals surface area contributed by atoms with Crippen LogP contribution in [0.3, 0.4) is 0 Å². The van der Waals surface area contributed by atoms with Gasteiger partial charge in [0.05, 0.1) is 11.7 Å².